The molecule has 1 atom stereocenters. The van der Waals surface area contributed by atoms with Crippen molar-refractivity contribution in [3.8, 4) is 0 Å². The van der Waals surface area contributed by atoms with E-state index in [-0.39, 0.29) is 5.92 Å². The summed E-state index contributed by atoms with van der Waals surface area (Å²) in [7, 11) is 0. The van der Waals surface area contributed by atoms with Crippen molar-refractivity contribution >= 4 is 11.3 Å². The zero-order chi connectivity index (χ0) is 8.39. The maximum atomic E-state index is 4.65. The van der Waals surface area contributed by atoms with Crippen molar-refractivity contribution in [1.82, 2.24) is 15.1 Å². The van der Waals surface area contributed by atoms with Crippen LogP contribution in [0.25, 0.3) is 0 Å². The van der Waals surface area contributed by atoms with Crippen LogP contribution in [0.2, 0.25) is 0 Å². The minimum atomic E-state index is 0.128. The summed E-state index contributed by atoms with van der Waals surface area (Å²) < 4.78 is 4.65. The number of nitrogens with zero attached hydrogens (tertiary/aromatic N) is 3. The first-order valence-corrected chi connectivity index (χ1v) is 4.41. The van der Waals surface area contributed by atoms with Crippen LogP contribution in [0.3, 0.4) is 0 Å². The standard InChI is InChI=1S/C7H7N3OS/c1-5(6-9-4-11-10-6)7-8-2-3-12-7/h2-5H,1H3. The van der Waals surface area contributed by atoms with Gasteiger partial charge in [0.25, 0.3) is 0 Å². The Morgan fingerprint density at radius 3 is 3.00 bits per heavy atom. The van der Waals surface area contributed by atoms with E-state index in [2.05, 4.69) is 19.6 Å². The van der Waals surface area contributed by atoms with E-state index in [0.29, 0.717) is 5.82 Å². The van der Waals surface area contributed by atoms with Crippen molar-refractivity contribution in [2.45, 2.75) is 12.8 Å². The van der Waals surface area contributed by atoms with Crippen molar-refractivity contribution in [2.75, 3.05) is 0 Å². The van der Waals surface area contributed by atoms with Crippen LogP contribution in [0.4, 0.5) is 0 Å². The molecule has 0 fully saturated rings. The quantitative estimate of drug-likeness (QED) is 0.707. The zero-order valence-corrected chi connectivity index (χ0v) is 7.28. The predicted octanol–water partition coefficient (Wildman–Crippen LogP) is 1.68. The molecule has 1 unspecified atom stereocenters. The Morgan fingerprint density at radius 2 is 2.42 bits per heavy atom. The Bertz CT molecular complexity index is 295. The molecule has 5 heteroatoms. The first-order valence-electron chi connectivity index (χ1n) is 3.53. The van der Waals surface area contributed by atoms with E-state index in [0.717, 1.165) is 5.01 Å². The molecule has 2 aromatic heterocycles. The first kappa shape index (κ1) is 7.42. The fourth-order valence-corrected chi connectivity index (χ4v) is 1.62. The van der Waals surface area contributed by atoms with Gasteiger partial charge in [0.2, 0.25) is 6.39 Å². The van der Waals surface area contributed by atoms with Gasteiger partial charge in [0.15, 0.2) is 5.82 Å². The van der Waals surface area contributed by atoms with Gasteiger partial charge in [-0.25, -0.2) is 4.98 Å². The highest BCUT2D eigenvalue weighted by molar-refractivity contribution is 7.09. The number of hydrogen-bond acceptors (Lipinski definition) is 5. The van der Waals surface area contributed by atoms with Crippen LogP contribution in [0, 0.1) is 0 Å². The average molecular weight is 181 g/mol. The van der Waals surface area contributed by atoms with Gasteiger partial charge >= 0.3 is 0 Å². The molecule has 0 spiro atoms. The lowest BCUT2D eigenvalue weighted by Gasteiger charge is -1.99. The number of thiazole rings is 1. The molecule has 0 aromatic carbocycles. The summed E-state index contributed by atoms with van der Waals surface area (Å²) in [6, 6.07) is 0. The third-order valence-electron chi connectivity index (χ3n) is 1.59. The summed E-state index contributed by atoms with van der Waals surface area (Å²) in [6.45, 7) is 2.00. The molecule has 0 radical (unpaired) electrons. The fourth-order valence-electron chi connectivity index (χ4n) is 0.928. The zero-order valence-electron chi connectivity index (χ0n) is 6.47. The molecule has 4 nitrogen and oxygen atoms in total. The molecule has 0 aliphatic rings. The molecule has 0 N–H and O–H groups in total. The second-order valence-electron chi connectivity index (χ2n) is 2.38. The molecular formula is C7H7N3OS. The van der Waals surface area contributed by atoms with Crippen molar-refractivity contribution in [1.29, 1.82) is 0 Å². The second kappa shape index (κ2) is 3.02. The molecule has 2 rings (SSSR count). The predicted molar refractivity (Wildman–Crippen MR) is 43.9 cm³/mol. The molecule has 62 valence electrons. The van der Waals surface area contributed by atoms with Crippen LogP contribution in [-0.4, -0.2) is 15.1 Å². The fraction of sp³-hybridized carbons (Fsp3) is 0.286. The van der Waals surface area contributed by atoms with Crippen LogP contribution in [-0.2, 0) is 0 Å². The van der Waals surface area contributed by atoms with E-state index in [4.69, 9.17) is 0 Å². The Hall–Kier alpha value is -1.23. The van der Waals surface area contributed by atoms with Gasteiger partial charge in [0, 0.05) is 11.6 Å². The van der Waals surface area contributed by atoms with E-state index < -0.39 is 0 Å². The third-order valence-corrected chi connectivity index (χ3v) is 2.55. The summed E-state index contributed by atoms with van der Waals surface area (Å²) in [6.07, 6.45) is 3.11. The third kappa shape index (κ3) is 1.23. The summed E-state index contributed by atoms with van der Waals surface area (Å²) in [4.78, 5) is 8.13. The largest absolute Gasteiger partial charge is 0.343 e. The normalized spacial score (nSPS) is 13.1. The molecule has 0 aliphatic heterocycles. The van der Waals surface area contributed by atoms with Crippen molar-refractivity contribution in [3.05, 3.63) is 28.8 Å². The van der Waals surface area contributed by atoms with Gasteiger partial charge < -0.3 is 4.52 Å². The monoisotopic (exact) mass is 181 g/mol. The topological polar surface area (TPSA) is 51.8 Å². The molecule has 2 aromatic rings. The molecule has 12 heavy (non-hydrogen) atoms. The minimum Gasteiger partial charge on any atom is -0.343 e. The highest BCUT2D eigenvalue weighted by atomic mass is 32.1. The maximum Gasteiger partial charge on any atom is 0.213 e. The van der Waals surface area contributed by atoms with Crippen molar-refractivity contribution < 1.29 is 4.52 Å². The Morgan fingerprint density at radius 1 is 1.50 bits per heavy atom. The SMILES string of the molecule is CC(c1ncon1)c1nccs1. The van der Waals surface area contributed by atoms with Crippen LogP contribution in [0.5, 0.6) is 0 Å². The van der Waals surface area contributed by atoms with E-state index in [1.165, 1.54) is 6.39 Å². The minimum absolute atomic E-state index is 0.128. The van der Waals surface area contributed by atoms with Crippen LogP contribution in [0.15, 0.2) is 22.5 Å². The highest BCUT2D eigenvalue weighted by Gasteiger charge is 2.14. The van der Waals surface area contributed by atoms with Crippen LogP contribution in [0.1, 0.15) is 23.7 Å². The lowest BCUT2D eigenvalue weighted by atomic mass is 10.2. The summed E-state index contributed by atoms with van der Waals surface area (Å²) in [5, 5.41) is 6.70. The Kier molecular flexibility index (Phi) is 1.87. The molecule has 0 saturated heterocycles. The first-order chi connectivity index (χ1) is 5.88. The molecular weight excluding hydrogens is 174 g/mol. The molecule has 2 heterocycles. The number of hydrogen-bond donors (Lipinski definition) is 0. The Balaban J connectivity index is 2.27. The molecule has 0 aliphatic carbocycles. The van der Waals surface area contributed by atoms with Crippen LogP contribution >= 0.6 is 11.3 Å². The van der Waals surface area contributed by atoms with Gasteiger partial charge in [-0.15, -0.1) is 11.3 Å². The molecule has 0 amide bonds. The lowest BCUT2D eigenvalue weighted by Crippen LogP contribution is -1.96. The van der Waals surface area contributed by atoms with Crippen molar-refractivity contribution in [2.24, 2.45) is 0 Å². The van der Waals surface area contributed by atoms with E-state index in [1.54, 1.807) is 17.5 Å². The van der Waals surface area contributed by atoms with Gasteiger partial charge in [-0.05, 0) is 6.92 Å². The lowest BCUT2D eigenvalue weighted by molar-refractivity contribution is 0.408. The number of rotatable bonds is 2. The second-order valence-corrected chi connectivity index (χ2v) is 3.31. The summed E-state index contributed by atoms with van der Waals surface area (Å²) in [5.41, 5.74) is 0. The smallest absolute Gasteiger partial charge is 0.213 e. The van der Waals surface area contributed by atoms with Gasteiger partial charge in [0.05, 0.1) is 5.92 Å². The van der Waals surface area contributed by atoms with Crippen molar-refractivity contribution in [3.63, 3.8) is 0 Å². The van der Waals surface area contributed by atoms with E-state index in [9.17, 15) is 0 Å². The maximum absolute atomic E-state index is 4.65. The summed E-state index contributed by atoms with van der Waals surface area (Å²) in [5.74, 6) is 0.814. The van der Waals surface area contributed by atoms with E-state index >= 15 is 0 Å². The number of aromatic nitrogens is 3. The van der Waals surface area contributed by atoms with E-state index in [1.807, 2.05) is 12.3 Å². The van der Waals surface area contributed by atoms with Gasteiger partial charge in [-0.1, -0.05) is 5.16 Å². The Labute approximate surface area is 73.3 Å². The van der Waals surface area contributed by atoms with Gasteiger partial charge in [0.1, 0.15) is 5.01 Å². The highest BCUT2D eigenvalue weighted by Crippen LogP contribution is 2.22. The van der Waals surface area contributed by atoms with Gasteiger partial charge in [-0.2, -0.15) is 4.98 Å². The summed E-state index contributed by atoms with van der Waals surface area (Å²) >= 11 is 1.60. The van der Waals surface area contributed by atoms with Crippen LogP contribution < -0.4 is 0 Å². The molecule has 0 saturated carbocycles. The molecule has 0 bridgehead atoms. The average Bonchev–Trinajstić information content (AvgIpc) is 2.77. The van der Waals surface area contributed by atoms with Gasteiger partial charge in [-0.3, -0.25) is 0 Å².